The van der Waals surface area contributed by atoms with Gasteiger partial charge in [0.1, 0.15) is 11.5 Å². The number of nitrogens with two attached hydrogens (primary N) is 1. The van der Waals surface area contributed by atoms with Crippen LogP contribution in [0.15, 0.2) is 18.3 Å². The molecule has 3 nitrogen and oxygen atoms in total. The van der Waals surface area contributed by atoms with Gasteiger partial charge in [0.05, 0.1) is 12.6 Å². The molecule has 1 aromatic heterocycles. The summed E-state index contributed by atoms with van der Waals surface area (Å²) in [5.74, 6) is 4.18. The Morgan fingerprint density at radius 1 is 1.62 bits per heavy atom. The number of pyridine rings is 1. The molecule has 0 aromatic carbocycles. The molecule has 1 aromatic rings. The molecular weight excluding hydrogens is 171 g/mol. The summed E-state index contributed by atoms with van der Waals surface area (Å²) in [4.78, 5) is 14.0. The van der Waals surface area contributed by atoms with Gasteiger partial charge in [-0.2, -0.15) is 0 Å². The van der Waals surface area contributed by atoms with Gasteiger partial charge in [-0.15, -0.1) is 0 Å². The lowest BCUT2D eigenvalue weighted by molar-refractivity contribution is -0.117. The molecule has 0 saturated carbocycles. The highest BCUT2D eigenvalue weighted by Crippen LogP contribution is 1.95. The van der Waals surface area contributed by atoms with Crippen molar-refractivity contribution in [2.24, 2.45) is 5.73 Å². The zero-order chi connectivity index (χ0) is 9.68. The number of carbonyl (C=O) groups excluding carboxylic acids is 1. The average molecular weight is 178 g/mol. The van der Waals surface area contributed by atoms with Gasteiger partial charge in [-0.3, -0.25) is 4.79 Å². The van der Waals surface area contributed by atoms with Crippen LogP contribution in [0.1, 0.15) is 12.1 Å². The summed E-state index contributed by atoms with van der Waals surface area (Å²) in [6, 6.07) is 2.69. The highest BCUT2D eigenvalue weighted by atomic mass is 19.1. The van der Waals surface area contributed by atoms with E-state index < -0.39 is 11.7 Å². The fourth-order valence-electron chi connectivity index (χ4n) is 0.672. The quantitative estimate of drug-likeness (QED) is 0.634. The summed E-state index contributed by atoms with van der Waals surface area (Å²) in [5.41, 5.74) is 5.28. The predicted molar refractivity (Wildman–Crippen MR) is 44.9 cm³/mol. The van der Waals surface area contributed by atoms with Crippen LogP contribution in [0, 0.1) is 17.7 Å². The minimum Gasteiger partial charge on any atom is -0.369 e. The summed E-state index contributed by atoms with van der Waals surface area (Å²) >= 11 is 0. The van der Waals surface area contributed by atoms with Gasteiger partial charge in [0.15, 0.2) is 0 Å². The number of rotatable bonds is 1. The number of hydrogen-bond acceptors (Lipinski definition) is 2. The fraction of sp³-hybridized carbons (Fsp3) is 0.111. The first-order valence-corrected chi connectivity index (χ1v) is 3.57. The standard InChI is InChI=1S/C9H7FN2O/c10-7-4-5-8(12-6-7)2-1-3-9(11)13/h4-6H,3H2,(H2,11,13). The third kappa shape index (κ3) is 3.34. The maximum Gasteiger partial charge on any atom is 0.229 e. The summed E-state index contributed by atoms with van der Waals surface area (Å²) < 4.78 is 12.4. The maximum atomic E-state index is 12.4. The van der Waals surface area contributed by atoms with E-state index in [-0.39, 0.29) is 6.42 Å². The molecule has 1 heterocycles. The Labute approximate surface area is 74.8 Å². The highest BCUT2D eigenvalue weighted by molar-refractivity contribution is 5.76. The molecule has 2 N–H and O–H groups in total. The first-order chi connectivity index (χ1) is 6.18. The molecule has 0 spiro atoms. The second kappa shape index (κ2) is 4.21. The van der Waals surface area contributed by atoms with Crippen LogP contribution in [0.3, 0.4) is 0 Å². The Bertz CT molecular complexity index is 361. The van der Waals surface area contributed by atoms with Crippen molar-refractivity contribution in [1.29, 1.82) is 0 Å². The van der Waals surface area contributed by atoms with Crippen LogP contribution in [0.5, 0.6) is 0 Å². The van der Waals surface area contributed by atoms with Gasteiger partial charge in [0, 0.05) is 0 Å². The topological polar surface area (TPSA) is 56.0 Å². The molecule has 0 aliphatic rings. The van der Waals surface area contributed by atoms with Gasteiger partial charge in [-0.1, -0.05) is 5.92 Å². The summed E-state index contributed by atoms with van der Waals surface area (Å²) in [6.07, 6.45) is 1.05. The van der Waals surface area contributed by atoms with Crippen LogP contribution in [0.4, 0.5) is 4.39 Å². The molecule has 0 radical (unpaired) electrons. The van der Waals surface area contributed by atoms with Gasteiger partial charge >= 0.3 is 0 Å². The van der Waals surface area contributed by atoms with Crippen molar-refractivity contribution in [1.82, 2.24) is 4.98 Å². The Balaban J connectivity index is 2.67. The number of primary amides is 1. The van der Waals surface area contributed by atoms with Crippen molar-refractivity contribution in [3.8, 4) is 11.8 Å². The Morgan fingerprint density at radius 3 is 2.92 bits per heavy atom. The molecule has 0 saturated heterocycles. The zero-order valence-electron chi connectivity index (χ0n) is 6.75. The zero-order valence-corrected chi connectivity index (χ0v) is 6.75. The summed E-state index contributed by atoms with van der Waals surface area (Å²) in [7, 11) is 0. The van der Waals surface area contributed by atoms with Crippen LogP contribution in [0.2, 0.25) is 0 Å². The van der Waals surface area contributed by atoms with E-state index in [2.05, 4.69) is 16.8 Å². The maximum absolute atomic E-state index is 12.4. The van der Waals surface area contributed by atoms with E-state index >= 15 is 0 Å². The van der Waals surface area contributed by atoms with E-state index in [1.165, 1.54) is 12.1 Å². The molecule has 1 amide bonds. The fourth-order valence-corrected chi connectivity index (χ4v) is 0.672. The lowest BCUT2D eigenvalue weighted by Gasteiger charge is -1.87. The van der Waals surface area contributed by atoms with E-state index in [9.17, 15) is 9.18 Å². The van der Waals surface area contributed by atoms with E-state index in [0.29, 0.717) is 5.69 Å². The normalized spacial score (nSPS) is 8.69. The molecule has 0 aliphatic heterocycles. The van der Waals surface area contributed by atoms with Crippen molar-refractivity contribution < 1.29 is 9.18 Å². The van der Waals surface area contributed by atoms with Crippen molar-refractivity contribution in [3.63, 3.8) is 0 Å². The van der Waals surface area contributed by atoms with Gasteiger partial charge in [0.2, 0.25) is 5.91 Å². The highest BCUT2D eigenvalue weighted by Gasteiger charge is 1.90. The second-order valence-electron chi connectivity index (χ2n) is 2.31. The number of carbonyl (C=O) groups is 1. The van der Waals surface area contributed by atoms with E-state index in [0.717, 1.165) is 6.20 Å². The van der Waals surface area contributed by atoms with Crippen LogP contribution >= 0.6 is 0 Å². The van der Waals surface area contributed by atoms with Gasteiger partial charge < -0.3 is 5.73 Å². The van der Waals surface area contributed by atoms with E-state index in [1.807, 2.05) is 0 Å². The predicted octanol–water partition coefficient (Wildman–Crippen LogP) is 0.448. The second-order valence-corrected chi connectivity index (χ2v) is 2.31. The molecule has 0 fully saturated rings. The summed E-state index contributed by atoms with van der Waals surface area (Å²) in [6.45, 7) is 0. The number of hydrogen-bond donors (Lipinski definition) is 1. The van der Waals surface area contributed by atoms with Crippen molar-refractivity contribution in [3.05, 3.63) is 29.8 Å². The van der Waals surface area contributed by atoms with Crippen molar-refractivity contribution in [2.45, 2.75) is 6.42 Å². The molecule has 13 heavy (non-hydrogen) atoms. The average Bonchev–Trinajstić information content (AvgIpc) is 2.08. The molecule has 0 unspecified atom stereocenters. The molecule has 0 aliphatic carbocycles. The summed E-state index contributed by atoms with van der Waals surface area (Å²) in [5, 5.41) is 0. The number of halogens is 1. The largest absolute Gasteiger partial charge is 0.369 e. The molecule has 4 heteroatoms. The van der Waals surface area contributed by atoms with Gasteiger partial charge in [-0.25, -0.2) is 9.37 Å². The smallest absolute Gasteiger partial charge is 0.229 e. The van der Waals surface area contributed by atoms with Crippen LogP contribution in [0.25, 0.3) is 0 Å². The molecule has 0 atom stereocenters. The lowest BCUT2D eigenvalue weighted by atomic mass is 10.3. The molecule has 66 valence electrons. The van der Waals surface area contributed by atoms with Gasteiger partial charge in [-0.05, 0) is 18.1 Å². The monoisotopic (exact) mass is 178 g/mol. The lowest BCUT2D eigenvalue weighted by Crippen LogP contribution is -2.08. The number of amides is 1. The SMILES string of the molecule is NC(=O)CC#Cc1ccc(F)cn1. The van der Waals surface area contributed by atoms with Crippen LogP contribution in [-0.2, 0) is 4.79 Å². The van der Waals surface area contributed by atoms with Crippen LogP contribution < -0.4 is 5.73 Å². The third-order valence-corrected chi connectivity index (χ3v) is 1.21. The van der Waals surface area contributed by atoms with Crippen molar-refractivity contribution in [2.75, 3.05) is 0 Å². The molecule has 1 rings (SSSR count). The molecular formula is C9H7FN2O. The number of aromatic nitrogens is 1. The molecule has 0 bridgehead atoms. The third-order valence-electron chi connectivity index (χ3n) is 1.21. The van der Waals surface area contributed by atoms with Crippen molar-refractivity contribution >= 4 is 5.91 Å². The van der Waals surface area contributed by atoms with E-state index in [1.54, 1.807) is 0 Å². The van der Waals surface area contributed by atoms with Crippen LogP contribution in [-0.4, -0.2) is 10.9 Å². The first kappa shape index (κ1) is 9.20. The first-order valence-electron chi connectivity index (χ1n) is 3.57. The van der Waals surface area contributed by atoms with Gasteiger partial charge in [0.25, 0.3) is 0 Å². The minimum absolute atomic E-state index is 0.0148. The number of nitrogens with zero attached hydrogens (tertiary/aromatic N) is 1. The Hall–Kier alpha value is -1.89. The van der Waals surface area contributed by atoms with E-state index in [4.69, 9.17) is 5.73 Å². The Morgan fingerprint density at radius 2 is 2.38 bits per heavy atom. The minimum atomic E-state index is -0.491. The Kier molecular flexibility index (Phi) is 2.98.